The van der Waals surface area contributed by atoms with Crippen molar-refractivity contribution in [3.63, 3.8) is 0 Å². The first-order valence-electron chi connectivity index (χ1n) is 7.50. The number of halogens is 6. The molecule has 2 heterocycles. The molecule has 0 unspecified atom stereocenters. The van der Waals surface area contributed by atoms with Crippen molar-refractivity contribution in [3.05, 3.63) is 47.4 Å². The molecule has 142 valence electrons. The smallest absolute Gasteiger partial charge is 0.449 e. The van der Waals surface area contributed by atoms with Crippen LogP contribution in [0.1, 0.15) is 17.1 Å². The molecule has 3 rings (SSSR count). The van der Waals surface area contributed by atoms with Gasteiger partial charge in [-0.05, 0) is 30.3 Å². The van der Waals surface area contributed by atoms with Crippen LogP contribution >= 0.6 is 0 Å². The lowest BCUT2D eigenvalue weighted by atomic mass is 10.2. The van der Waals surface area contributed by atoms with E-state index in [0.29, 0.717) is 13.1 Å². The van der Waals surface area contributed by atoms with E-state index in [0.717, 1.165) is 30.3 Å². The monoisotopic (exact) mass is 381 g/mol. The summed E-state index contributed by atoms with van der Waals surface area (Å²) in [5, 5.41) is 2.91. The van der Waals surface area contributed by atoms with Gasteiger partial charge in [-0.3, -0.25) is 0 Å². The molecule has 0 radical (unpaired) electrons. The summed E-state index contributed by atoms with van der Waals surface area (Å²) in [5.74, 6) is -1.45. The third-order valence-corrected chi connectivity index (χ3v) is 3.62. The molecule has 0 aliphatic carbocycles. The first kappa shape index (κ1) is 18.4. The van der Waals surface area contributed by atoms with Gasteiger partial charge in [0.25, 0.3) is 0 Å². The third-order valence-electron chi connectivity index (χ3n) is 3.62. The Hall–Kier alpha value is -2.36. The Morgan fingerprint density at radius 3 is 2.23 bits per heavy atom. The molecule has 0 atom stereocenters. The molecular weight excluding hydrogens is 368 g/mol. The predicted molar refractivity (Wildman–Crippen MR) is 76.8 cm³/mol. The molecule has 0 amide bonds. The molecule has 1 aromatic heterocycles. The van der Waals surface area contributed by atoms with Gasteiger partial charge in [0.2, 0.25) is 5.76 Å². The molecule has 26 heavy (non-hydrogen) atoms. The second-order valence-corrected chi connectivity index (χ2v) is 5.61. The Labute approximate surface area is 143 Å². The Morgan fingerprint density at radius 2 is 1.69 bits per heavy atom. The fraction of sp³-hybridized carbons (Fsp3) is 0.375. The molecule has 1 aliphatic rings. The first-order valence-corrected chi connectivity index (χ1v) is 7.50. The lowest BCUT2D eigenvalue weighted by Crippen LogP contribution is -2.50. The van der Waals surface area contributed by atoms with Gasteiger partial charge >= 0.3 is 12.4 Å². The Morgan fingerprint density at radius 1 is 0.962 bits per heavy atom. The second kappa shape index (κ2) is 6.75. The maximum atomic E-state index is 12.9. The Kier molecular flexibility index (Phi) is 4.78. The highest BCUT2D eigenvalue weighted by atomic mass is 19.4. The lowest BCUT2D eigenvalue weighted by molar-refractivity contribution is -0.153. The van der Waals surface area contributed by atoms with E-state index in [2.05, 4.69) is 9.73 Å². The number of rotatable bonds is 5. The number of ether oxygens (including phenoxy) is 2. The van der Waals surface area contributed by atoms with Crippen molar-refractivity contribution >= 4 is 0 Å². The average molecular weight is 381 g/mol. The summed E-state index contributed by atoms with van der Waals surface area (Å²) in [6.07, 6.45) is -9.49. The molecule has 0 saturated carbocycles. The summed E-state index contributed by atoms with van der Waals surface area (Å²) in [7, 11) is 0. The summed E-state index contributed by atoms with van der Waals surface area (Å²) in [5.41, 5.74) is -0.913. The molecular formula is C16H13F6NO3. The van der Waals surface area contributed by atoms with E-state index >= 15 is 0 Å². The fourth-order valence-corrected chi connectivity index (χ4v) is 2.18. The van der Waals surface area contributed by atoms with E-state index in [4.69, 9.17) is 9.47 Å². The number of hydrogen-bond donors (Lipinski definition) is 1. The number of benzene rings is 1. The minimum absolute atomic E-state index is 0.0186. The Bertz CT molecular complexity index is 764. The maximum Gasteiger partial charge on any atom is 0.449 e. The van der Waals surface area contributed by atoms with Gasteiger partial charge in [0.1, 0.15) is 18.5 Å². The van der Waals surface area contributed by atoms with Crippen molar-refractivity contribution in [3.8, 4) is 11.5 Å². The second-order valence-electron chi connectivity index (χ2n) is 5.61. The zero-order valence-electron chi connectivity index (χ0n) is 13.1. The van der Waals surface area contributed by atoms with Crippen LogP contribution in [0, 0.1) is 0 Å². The highest BCUT2D eigenvalue weighted by molar-refractivity contribution is 5.44. The van der Waals surface area contributed by atoms with Gasteiger partial charge in [0.15, 0.2) is 11.5 Å². The molecule has 1 aromatic carbocycles. The zero-order valence-corrected chi connectivity index (χ0v) is 13.1. The highest BCUT2D eigenvalue weighted by Crippen LogP contribution is 2.37. The lowest BCUT2D eigenvalue weighted by Gasteiger charge is -2.28. The molecule has 1 saturated heterocycles. The topological polar surface area (TPSA) is 43.6 Å². The van der Waals surface area contributed by atoms with Crippen LogP contribution in [0.2, 0.25) is 0 Å². The summed E-state index contributed by atoms with van der Waals surface area (Å²) in [6, 6.07) is 4.52. The van der Waals surface area contributed by atoms with Crippen LogP contribution in [0.25, 0.3) is 0 Å². The first-order chi connectivity index (χ1) is 12.1. The molecule has 1 aliphatic heterocycles. The number of nitrogens with one attached hydrogen (secondary N) is 1. The van der Waals surface area contributed by atoms with Gasteiger partial charge in [0.05, 0.1) is 5.56 Å². The van der Waals surface area contributed by atoms with Crippen LogP contribution in [0.15, 0.2) is 34.7 Å². The summed E-state index contributed by atoms with van der Waals surface area (Å²) < 4.78 is 91.5. The Balaban J connectivity index is 1.76. The van der Waals surface area contributed by atoms with E-state index in [-0.39, 0.29) is 30.0 Å². The molecule has 10 heteroatoms. The molecule has 0 bridgehead atoms. The normalized spacial score (nSPS) is 15.6. The average Bonchev–Trinajstić information content (AvgIpc) is 2.97. The fourth-order valence-electron chi connectivity index (χ4n) is 2.18. The van der Waals surface area contributed by atoms with Crippen LogP contribution in [0.4, 0.5) is 26.3 Å². The van der Waals surface area contributed by atoms with Gasteiger partial charge in [-0.1, -0.05) is 0 Å². The summed E-state index contributed by atoms with van der Waals surface area (Å²) >= 11 is 0. The van der Waals surface area contributed by atoms with Crippen LogP contribution in [-0.4, -0.2) is 19.2 Å². The van der Waals surface area contributed by atoms with Crippen LogP contribution < -0.4 is 14.8 Å². The minimum Gasteiger partial charge on any atom is -0.484 e. The van der Waals surface area contributed by atoms with Crippen molar-refractivity contribution in [2.45, 2.75) is 25.1 Å². The van der Waals surface area contributed by atoms with E-state index < -0.39 is 23.7 Å². The van der Waals surface area contributed by atoms with E-state index in [1.54, 1.807) is 0 Å². The van der Waals surface area contributed by atoms with Crippen molar-refractivity contribution in [1.82, 2.24) is 5.32 Å². The van der Waals surface area contributed by atoms with Crippen molar-refractivity contribution in [2.75, 3.05) is 13.1 Å². The maximum absolute atomic E-state index is 12.9. The van der Waals surface area contributed by atoms with E-state index in [1.807, 2.05) is 0 Å². The molecule has 1 N–H and O–H groups in total. The van der Waals surface area contributed by atoms with Crippen LogP contribution in [0.5, 0.6) is 11.5 Å². The molecule has 1 fully saturated rings. The SMILES string of the molecule is FC(F)(F)c1ccc(OCc2ccc(C(F)(F)F)o2)c(OC2CNC2)c1. The van der Waals surface area contributed by atoms with Crippen molar-refractivity contribution in [2.24, 2.45) is 0 Å². The van der Waals surface area contributed by atoms with E-state index in [1.165, 1.54) is 0 Å². The third kappa shape index (κ3) is 4.24. The van der Waals surface area contributed by atoms with Gasteiger partial charge in [-0.2, -0.15) is 26.3 Å². The van der Waals surface area contributed by atoms with Crippen LogP contribution in [0.3, 0.4) is 0 Å². The van der Waals surface area contributed by atoms with Crippen LogP contribution in [-0.2, 0) is 19.0 Å². The number of furan rings is 1. The zero-order chi connectivity index (χ0) is 18.9. The number of hydrogen-bond acceptors (Lipinski definition) is 4. The van der Waals surface area contributed by atoms with Gasteiger partial charge < -0.3 is 19.2 Å². The number of alkyl halides is 6. The molecule has 2 aromatic rings. The van der Waals surface area contributed by atoms with Crippen molar-refractivity contribution in [1.29, 1.82) is 0 Å². The predicted octanol–water partition coefficient (Wildman–Crippen LogP) is 4.25. The minimum atomic E-state index is -4.63. The van der Waals surface area contributed by atoms with Gasteiger partial charge in [-0.25, -0.2) is 0 Å². The van der Waals surface area contributed by atoms with E-state index in [9.17, 15) is 26.3 Å². The van der Waals surface area contributed by atoms with Gasteiger partial charge in [-0.15, -0.1) is 0 Å². The standard InChI is InChI=1S/C16H13F6NO3/c17-15(18,19)9-1-3-12(13(5-9)25-11-6-23-7-11)24-8-10-2-4-14(26-10)16(20,21)22/h1-5,11,23H,6-8H2. The van der Waals surface area contributed by atoms with Gasteiger partial charge in [0, 0.05) is 13.1 Å². The highest BCUT2D eigenvalue weighted by Gasteiger charge is 2.35. The molecule has 4 nitrogen and oxygen atoms in total. The largest absolute Gasteiger partial charge is 0.484 e. The summed E-state index contributed by atoms with van der Waals surface area (Å²) in [6.45, 7) is 0.562. The van der Waals surface area contributed by atoms with Crippen molar-refractivity contribution < 1.29 is 40.2 Å². The summed E-state index contributed by atoms with van der Waals surface area (Å²) in [4.78, 5) is 0. The molecule has 0 spiro atoms. The quantitative estimate of drug-likeness (QED) is 0.787.